The first-order chi connectivity index (χ1) is 7.58. The summed E-state index contributed by atoms with van der Waals surface area (Å²) in [5.74, 6) is 0. The van der Waals surface area contributed by atoms with Crippen molar-refractivity contribution in [3.63, 3.8) is 0 Å². The second-order valence-corrected chi connectivity index (χ2v) is 5.18. The van der Waals surface area contributed by atoms with Crippen LogP contribution in [0.2, 0.25) is 5.02 Å². The van der Waals surface area contributed by atoms with Crippen molar-refractivity contribution in [1.29, 1.82) is 0 Å². The second kappa shape index (κ2) is 4.64. The number of hydrogen-bond donors (Lipinski definition) is 1. The number of hydrogen-bond acceptors (Lipinski definition) is 2. The van der Waals surface area contributed by atoms with E-state index in [0.29, 0.717) is 12.1 Å². The summed E-state index contributed by atoms with van der Waals surface area (Å²) in [6, 6.07) is 7.18. The lowest BCUT2D eigenvalue weighted by Gasteiger charge is -2.40. The predicted molar refractivity (Wildman–Crippen MR) is 70.5 cm³/mol. The average molecular weight is 239 g/mol. The van der Waals surface area contributed by atoms with Crippen molar-refractivity contribution in [2.45, 2.75) is 32.9 Å². The van der Waals surface area contributed by atoms with Gasteiger partial charge in [-0.2, -0.15) is 0 Å². The Bertz CT molecular complexity index is 378. The molecule has 1 aliphatic heterocycles. The average Bonchev–Trinajstić information content (AvgIpc) is 2.25. The molecular formula is C13H19ClN2. The zero-order chi connectivity index (χ0) is 11.7. The maximum Gasteiger partial charge on any atom is 0.0426 e. The van der Waals surface area contributed by atoms with Gasteiger partial charge in [0.25, 0.3) is 0 Å². The molecule has 2 rings (SSSR count). The summed E-state index contributed by atoms with van der Waals surface area (Å²) < 4.78 is 0. The molecule has 16 heavy (non-hydrogen) atoms. The van der Waals surface area contributed by atoms with Crippen molar-refractivity contribution < 1.29 is 0 Å². The van der Waals surface area contributed by atoms with Crippen LogP contribution in [0.15, 0.2) is 18.2 Å². The molecule has 2 nitrogen and oxygen atoms in total. The molecule has 2 unspecified atom stereocenters. The number of anilines is 1. The van der Waals surface area contributed by atoms with E-state index in [1.54, 1.807) is 0 Å². The lowest BCUT2D eigenvalue weighted by molar-refractivity contribution is 0.425. The maximum absolute atomic E-state index is 6.08. The van der Waals surface area contributed by atoms with E-state index in [0.717, 1.165) is 18.1 Å². The van der Waals surface area contributed by atoms with Crippen LogP contribution in [-0.4, -0.2) is 25.2 Å². The van der Waals surface area contributed by atoms with Crippen LogP contribution in [0.3, 0.4) is 0 Å². The van der Waals surface area contributed by atoms with Gasteiger partial charge >= 0.3 is 0 Å². The van der Waals surface area contributed by atoms with E-state index in [-0.39, 0.29) is 0 Å². The quantitative estimate of drug-likeness (QED) is 0.810. The molecule has 0 bridgehead atoms. The smallest absolute Gasteiger partial charge is 0.0426 e. The van der Waals surface area contributed by atoms with Crippen LogP contribution in [0.5, 0.6) is 0 Å². The molecule has 2 atom stereocenters. The van der Waals surface area contributed by atoms with Crippen molar-refractivity contribution in [1.82, 2.24) is 5.32 Å². The summed E-state index contributed by atoms with van der Waals surface area (Å²) >= 11 is 6.08. The van der Waals surface area contributed by atoms with Gasteiger partial charge in [-0.05, 0) is 38.5 Å². The first-order valence-electron chi connectivity index (χ1n) is 5.84. The van der Waals surface area contributed by atoms with Crippen molar-refractivity contribution >= 4 is 17.3 Å². The van der Waals surface area contributed by atoms with Gasteiger partial charge in [-0.15, -0.1) is 0 Å². The van der Waals surface area contributed by atoms with Gasteiger partial charge < -0.3 is 10.2 Å². The van der Waals surface area contributed by atoms with Crippen LogP contribution in [-0.2, 0) is 0 Å². The fourth-order valence-electron chi connectivity index (χ4n) is 2.25. The fraction of sp³-hybridized carbons (Fsp3) is 0.538. The highest BCUT2D eigenvalue weighted by Crippen LogP contribution is 2.27. The van der Waals surface area contributed by atoms with Crippen LogP contribution in [0, 0.1) is 6.92 Å². The summed E-state index contributed by atoms with van der Waals surface area (Å²) in [5, 5.41) is 4.31. The van der Waals surface area contributed by atoms with Crippen LogP contribution in [0.4, 0.5) is 5.69 Å². The molecule has 1 N–H and O–H groups in total. The minimum Gasteiger partial charge on any atom is -0.366 e. The van der Waals surface area contributed by atoms with Crippen molar-refractivity contribution in [3.05, 3.63) is 28.8 Å². The Morgan fingerprint density at radius 1 is 1.38 bits per heavy atom. The van der Waals surface area contributed by atoms with E-state index in [2.05, 4.69) is 43.1 Å². The highest BCUT2D eigenvalue weighted by atomic mass is 35.5. The summed E-state index contributed by atoms with van der Waals surface area (Å²) in [7, 11) is 0. The molecule has 0 amide bonds. The Balaban J connectivity index is 2.30. The monoisotopic (exact) mass is 238 g/mol. The van der Waals surface area contributed by atoms with Gasteiger partial charge in [-0.3, -0.25) is 0 Å². The number of benzene rings is 1. The van der Waals surface area contributed by atoms with Gasteiger partial charge in [0.15, 0.2) is 0 Å². The number of rotatable bonds is 1. The third-order valence-electron chi connectivity index (χ3n) is 3.24. The third-order valence-corrected chi connectivity index (χ3v) is 3.48. The minimum atomic E-state index is 0.522. The largest absolute Gasteiger partial charge is 0.366 e. The first kappa shape index (κ1) is 11.7. The molecule has 0 radical (unpaired) electrons. The first-order valence-corrected chi connectivity index (χ1v) is 6.22. The fourth-order valence-corrected chi connectivity index (χ4v) is 2.42. The van der Waals surface area contributed by atoms with E-state index in [9.17, 15) is 0 Å². The highest BCUT2D eigenvalue weighted by Gasteiger charge is 2.23. The van der Waals surface area contributed by atoms with E-state index < -0.39 is 0 Å². The third kappa shape index (κ3) is 2.33. The summed E-state index contributed by atoms with van der Waals surface area (Å²) in [6.07, 6.45) is 0. The minimum absolute atomic E-state index is 0.522. The van der Waals surface area contributed by atoms with Crippen LogP contribution in [0.25, 0.3) is 0 Å². The van der Waals surface area contributed by atoms with Gasteiger partial charge in [0.2, 0.25) is 0 Å². The van der Waals surface area contributed by atoms with Gasteiger partial charge in [0, 0.05) is 35.9 Å². The predicted octanol–water partition coefficient (Wildman–Crippen LogP) is 2.84. The molecule has 88 valence electrons. The zero-order valence-electron chi connectivity index (χ0n) is 10.1. The second-order valence-electron chi connectivity index (χ2n) is 4.74. The molecule has 1 heterocycles. The topological polar surface area (TPSA) is 15.3 Å². The van der Waals surface area contributed by atoms with E-state index >= 15 is 0 Å². The Morgan fingerprint density at radius 2 is 2.12 bits per heavy atom. The Morgan fingerprint density at radius 3 is 2.88 bits per heavy atom. The number of nitrogens with zero attached hydrogens (tertiary/aromatic N) is 1. The molecule has 0 spiro atoms. The van der Waals surface area contributed by atoms with E-state index in [1.165, 1.54) is 11.3 Å². The zero-order valence-corrected chi connectivity index (χ0v) is 10.9. The maximum atomic E-state index is 6.08. The van der Waals surface area contributed by atoms with Crippen LogP contribution < -0.4 is 10.2 Å². The number of halogens is 1. The number of aryl methyl sites for hydroxylation is 1. The van der Waals surface area contributed by atoms with Crippen molar-refractivity contribution in [2.24, 2.45) is 0 Å². The van der Waals surface area contributed by atoms with Crippen molar-refractivity contribution in [2.75, 3.05) is 18.0 Å². The van der Waals surface area contributed by atoms with E-state index in [1.807, 2.05) is 6.07 Å². The molecule has 1 aromatic carbocycles. The number of piperazine rings is 1. The molecule has 0 aliphatic carbocycles. The highest BCUT2D eigenvalue weighted by molar-refractivity contribution is 6.30. The van der Waals surface area contributed by atoms with E-state index in [4.69, 9.17) is 11.6 Å². The van der Waals surface area contributed by atoms with Gasteiger partial charge in [-0.25, -0.2) is 0 Å². The lowest BCUT2D eigenvalue weighted by Crippen LogP contribution is -2.54. The molecule has 1 fully saturated rings. The SMILES string of the molecule is Cc1ccc(Cl)cc1N1CC(C)NCC1C. The summed E-state index contributed by atoms with van der Waals surface area (Å²) in [5.41, 5.74) is 2.57. The Labute approximate surface area is 103 Å². The van der Waals surface area contributed by atoms with Gasteiger partial charge in [0.1, 0.15) is 0 Å². The molecule has 1 aliphatic rings. The van der Waals surface area contributed by atoms with Gasteiger partial charge in [0.05, 0.1) is 0 Å². The summed E-state index contributed by atoms with van der Waals surface area (Å²) in [4.78, 5) is 2.45. The molecule has 3 heteroatoms. The number of nitrogens with one attached hydrogen (secondary N) is 1. The van der Waals surface area contributed by atoms with Crippen molar-refractivity contribution in [3.8, 4) is 0 Å². The molecule has 0 saturated carbocycles. The van der Waals surface area contributed by atoms with Crippen LogP contribution in [0.1, 0.15) is 19.4 Å². The summed E-state index contributed by atoms with van der Waals surface area (Å²) in [6.45, 7) is 8.69. The molecular weight excluding hydrogens is 220 g/mol. The normalized spacial score (nSPS) is 25.9. The molecule has 0 aromatic heterocycles. The van der Waals surface area contributed by atoms with Crippen LogP contribution >= 0.6 is 11.6 Å². The molecule has 1 saturated heterocycles. The Kier molecular flexibility index (Phi) is 3.41. The lowest BCUT2D eigenvalue weighted by atomic mass is 10.1. The standard InChI is InChI=1S/C13H19ClN2/c1-9-4-5-12(14)6-13(9)16-8-10(2)15-7-11(16)3/h4-6,10-11,15H,7-8H2,1-3H3. The Hall–Kier alpha value is -0.730. The van der Waals surface area contributed by atoms with Gasteiger partial charge in [-0.1, -0.05) is 17.7 Å². The molecule has 1 aromatic rings.